The molecule has 0 aliphatic heterocycles. The van der Waals surface area contributed by atoms with Gasteiger partial charge in [0, 0.05) is 25.2 Å². The van der Waals surface area contributed by atoms with E-state index >= 15 is 0 Å². The zero-order valence-corrected chi connectivity index (χ0v) is 14.1. The van der Waals surface area contributed by atoms with Gasteiger partial charge in [-0.05, 0) is 44.3 Å². The number of anilines is 1. The summed E-state index contributed by atoms with van der Waals surface area (Å²) in [7, 11) is 1.94. The van der Waals surface area contributed by atoms with Crippen molar-refractivity contribution in [1.82, 2.24) is 4.90 Å². The second-order valence-electron chi connectivity index (χ2n) is 5.77. The number of likely N-dealkylation sites (N-methyl/N-ethyl adjacent to an activating group) is 1. The minimum Gasteiger partial charge on any atom is -0.492 e. The standard InChI is InChI=1S/C19H23FN2O2/c1-15-6-8-18(9-7-15)24-13-12-22(2)11-10-19(23)21-17-5-3-4-16(20)14-17/h3-9,14H,10-13H2,1-2H3,(H,21,23). The quantitative estimate of drug-likeness (QED) is 0.806. The van der Waals surface area contributed by atoms with E-state index in [0.29, 0.717) is 25.3 Å². The number of aryl methyl sites for hydroxylation is 1. The molecule has 128 valence electrons. The van der Waals surface area contributed by atoms with Gasteiger partial charge in [-0.3, -0.25) is 4.79 Å². The van der Waals surface area contributed by atoms with Crippen molar-refractivity contribution in [2.45, 2.75) is 13.3 Å². The maximum Gasteiger partial charge on any atom is 0.225 e. The fourth-order valence-corrected chi connectivity index (χ4v) is 2.15. The van der Waals surface area contributed by atoms with Crippen LogP contribution in [0.2, 0.25) is 0 Å². The highest BCUT2D eigenvalue weighted by atomic mass is 19.1. The van der Waals surface area contributed by atoms with Crippen LogP contribution in [0.15, 0.2) is 48.5 Å². The average Bonchev–Trinajstić information content (AvgIpc) is 2.55. The van der Waals surface area contributed by atoms with Crippen LogP contribution in [0.4, 0.5) is 10.1 Å². The lowest BCUT2D eigenvalue weighted by Crippen LogP contribution is -2.28. The number of halogens is 1. The third-order valence-corrected chi connectivity index (χ3v) is 3.59. The SMILES string of the molecule is Cc1ccc(OCCN(C)CCC(=O)Nc2cccc(F)c2)cc1. The van der Waals surface area contributed by atoms with Crippen LogP contribution in [-0.2, 0) is 4.79 Å². The van der Waals surface area contributed by atoms with Crippen molar-refractivity contribution in [3.05, 3.63) is 59.9 Å². The Labute approximate surface area is 142 Å². The highest BCUT2D eigenvalue weighted by Gasteiger charge is 2.06. The van der Waals surface area contributed by atoms with Gasteiger partial charge in [0.05, 0.1) is 0 Å². The second-order valence-corrected chi connectivity index (χ2v) is 5.77. The monoisotopic (exact) mass is 330 g/mol. The number of hydrogen-bond acceptors (Lipinski definition) is 3. The Morgan fingerprint density at radius 2 is 1.92 bits per heavy atom. The predicted octanol–water partition coefficient (Wildman–Crippen LogP) is 3.47. The van der Waals surface area contributed by atoms with Crippen LogP contribution >= 0.6 is 0 Å². The second kappa shape index (κ2) is 9.03. The smallest absolute Gasteiger partial charge is 0.225 e. The van der Waals surface area contributed by atoms with Crippen LogP contribution in [0.25, 0.3) is 0 Å². The van der Waals surface area contributed by atoms with Gasteiger partial charge < -0.3 is 15.0 Å². The lowest BCUT2D eigenvalue weighted by Gasteiger charge is -2.16. The Hall–Kier alpha value is -2.40. The molecule has 0 radical (unpaired) electrons. The topological polar surface area (TPSA) is 41.6 Å². The molecule has 0 saturated carbocycles. The van der Waals surface area contributed by atoms with Gasteiger partial charge in [-0.1, -0.05) is 23.8 Å². The molecule has 0 unspecified atom stereocenters. The summed E-state index contributed by atoms with van der Waals surface area (Å²) in [6, 6.07) is 13.8. The van der Waals surface area contributed by atoms with Crippen LogP contribution in [0.1, 0.15) is 12.0 Å². The summed E-state index contributed by atoms with van der Waals surface area (Å²) >= 11 is 0. The molecule has 0 aliphatic rings. The molecular formula is C19H23FN2O2. The molecular weight excluding hydrogens is 307 g/mol. The van der Waals surface area contributed by atoms with Crippen LogP contribution in [-0.4, -0.2) is 37.6 Å². The predicted molar refractivity (Wildman–Crippen MR) is 93.8 cm³/mol. The molecule has 0 heterocycles. The normalized spacial score (nSPS) is 10.7. The summed E-state index contributed by atoms with van der Waals surface area (Å²) in [5.74, 6) is 0.350. The van der Waals surface area contributed by atoms with E-state index in [2.05, 4.69) is 5.32 Å². The van der Waals surface area contributed by atoms with Gasteiger partial charge in [-0.15, -0.1) is 0 Å². The zero-order valence-electron chi connectivity index (χ0n) is 14.1. The molecule has 0 aliphatic carbocycles. The number of ether oxygens (including phenoxy) is 1. The van der Waals surface area contributed by atoms with E-state index < -0.39 is 0 Å². The minimum absolute atomic E-state index is 0.132. The average molecular weight is 330 g/mol. The zero-order chi connectivity index (χ0) is 17.4. The fraction of sp³-hybridized carbons (Fsp3) is 0.316. The molecule has 0 atom stereocenters. The molecule has 5 heteroatoms. The molecule has 0 bridgehead atoms. The molecule has 2 aromatic carbocycles. The van der Waals surface area contributed by atoms with Gasteiger partial charge >= 0.3 is 0 Å². The summed E-state index contributed by atoms with van der Waals surface area (Å²) in [6.07, 6.45) is 0.345. The van der Waals surface area contributed by atoms with Crippen molar-refractivity contribution in [3.63, 3.8) is 0 Å². The Kier molecular flexibility index (Phi) is 6.75. The van der Waals surface area contributed by atoms with Crippen LogP contribution < -0.4 is 10.1 Å². The number of nitrogens with zero attached hydrogens (tertiary/aromatic N) is 1. The largest absolute Gasteiger partial charge is 0.492 e. The van der Waals surface area contributed by atoms with Gasteiger partial charge in [0.2, 0.25) is 5.91 Å². The summed E-state index contributed by atoms with van der Waals surface area (Å²) in [5, 5.41) is 2.69. The molecule has 1 N–H and O–H groups in total. The molecule has 1 amide bonds. The molecule has 2 rings (SSSR count). The Morgan fingerprint density at radius 3 is 2.62 bits per heavy atom. The number of carbonyl (C=O) groups excluding carboxylic acids is 1. The van der Waals surface area contributed by atoms with Crippen LogP contribution in [0.3, 0.4) is 0 Å². The van der Waals surface area contributed by atoms with Gasteiger partial charge in [-0.25, -0.2) is 4.39 Å². The van der Waals surface area contributed by atoms with Crippen molar-refractivity contribution in [2.75, 3.05) is 32.1 Å². The summed E-state index contributed by atoms with van der Waals surface area (Å²) in [5.41, 5.74) is 1.68. The lowest BCUT2D eigenvalue weighted by molar-refractivity contribution is -0.116. The summed E-state index contributed by atoms with van der Waals surface area (Å²) in [4.78, 5) is 13.9. The van der Waals surface area contributed by atoms with E-state index in [9.17, 15) is 9.18 Å². The molecule has 4 nitrogen and oxygen atoms in total. The van der Waals surface area contributed by atoms with E-state index in [1.165, 1.54) is 17.7 Å². The summed E-state index contributed by atoms with van der Waals surface area (Å²) in [6.45, 7) is 3.93. The van der Waals surface area contributed by atoms with Crippen molar-refractivity contribution in [1.29, 1.82) is 0 Å². The molecule has 0 saturated heterocycles. The first-order valence-corrected chi connectivity index (χ1v) is 7.96. The minimum atomic E-state index is -0.363. The van der Waals surface area contributed by atoms with Crippen molar-refractivity contribution in [3.8, 4) is 5.75 Å². The van der Waals surface area contributed by atoms with E-state index in [1.54, 1.807) is 12.1 Å². The molecule has 0 aromatic heterocycles. The fourth-order valence-electron chi connectivity index (χ4n) is 2.15. The first-order valence-electron chi connectivity index (χ1n) is 7.96. The number of carbonyl (C=O) groups is 1. The van der Waals surface area contributed by atoms with Crippen molar-refractivity contribution in [2.24, 2.45) is 0 Å². The van der Waals surface area contributed by atoms with Crippen molar-refractivity contribution < 1.29 is 13.9 Å². The van der Waals surface area contributed by atoms with Crippen LogP contribution in [0, 0.1) is 12.7 Å². The molecule has 2 aromatic rings. The number of benzene rings is 2. The third-order valence-electron chi connectivity index (χ3n) is 3.59. The lowest BCUT2D eigenvalue weighted by atomic mass is 10.2. The van der Waals surface area contributed by atoms with Crippen LogP contribution in [0.5, 0.6) is 5.75 Å². The molecule has 0 spiro atoms. The highest BCUT2D eigenvalue weighted by molar-refractivity contribution is 5.90. The maximum atomic E-state index is 13.1. The van der Waals surface area contributed by atoms with E-state index in [4.69, 9.17) is 4.74 Å². The van der Waals surface area contributed by atoms with E-state index in [-0.39, 0.29) is 11.7 Å². The first-order chi connectivity index (χ1) is 11.5. The van der Waals surface area contributed by atoms with Gasteiger partial charge in [0.15, 0.2) is 0 Å². The van der Waals surface area contributed by atoms with Gasteiger partial charge in [0.1, 0.15) is 18.2 Å². The third kappa shape index (κ3) is 6.38. The first kappa shape index (κ1) is 17.9. The number of amides is 1. The van der Waals surface area contributed by atoms with E-state index in [0.717, 1.165) is 12.3 Å². The van der Waals surface area contributed by atoms with Gasteiger partial charge in [0.25, 0.3) is 0 Å². The number of rotatable bonds is 8. The maximum absolute atomic E-state index is 13.1. The Morgan fingerprint density at radius 1 is 1.17 bits per heavy atom. The van der Waals surface area contributed by atoms with Crippen molar-refractivity contribution >= 4 is 11.6 Å². The number of hydrogen-bond donors (Lipinski definition) is 1. The van der Waals surface area contributed by atoms with E-state index in [1.807, 2.05) is 43.1 Å². The summed E-state index contributed by atoms with van der Waals surface area (Å²) < 4.78 is 18.7. The Balaban J connectivity index is 1.64. The Bertz CT molecular complexity index is 659. The number of nitrogens with one attached hydrogen (secondary N) is 1. The highest BCUT2D eigenvalue weighted by Crippen LogP contribution is 2.11. The van der Waals surface area contributed by atoms with Gasteiger partial charge in [-0.2, -0.15) is 0 Å². The molecule has 0 fully saturated rings. The molecule has 24 heavy (non-hydrogen) atoms.